The number of nitrogens with zero attached hydrogens (tertiary/aromatic N) is 2. The van der Waals surface area contributed by atoms with Crippen LogP contribution in [0, 0.1) is 0 Å². The van der Waals surface area contributed by atoms with E-state index in [1.165, 1.54) is 0 Å². The Kier molecular flexibility index (Phi) is 4.73. The van der Waals surface area contributed by atoms with Gasteiger partial charge in [0.25, 0.3) is 0 Å². The van der Waals surface area contributed by atoms with E-state index >= 15 is 0 Å². The molecule has 0 aliphatic carbocycles. The topological polar surface area (TPSA) is 42.1 Å². The first-order valence-electron chi connectivity index (χ1n) is 6.40. The Morgan fingerprint density at radius 1 is 1.25 bits per heavy atom. The monoisotopic (exact) mass is 309 g/mol. The van der Waals surface area contributed by atoms with Crippen LogP contribution in [0.1, 0.15) is 19.4 Å². The highest BCUT2D eigenvalue weighted by molar-refractivity contribution is 6.36. The lowest BCUT2D eigenvalue weighted by atomic mass is 10.1. The molecule has 0 atom stereocenters. The highest BCUT2D eigenvalue weighted by Crippen LogP contribution is 2.29. The Hall–Kier alpha value is -1.45. The van der Waals surface area contributed by atoms with Crippen LogP contribution < -0.4 is 10.6 Å². The number of hydrogen-bond donors (Lipinski definition) is 1. The summed E-state index contributed by atoms with van der Waals surface area (Å²) >= 11 is 12.2. The minimum Gasteiger partial charge on any atom is -0.398 e. The molecule has 2 rings (SSSR count). The molecule has 1 aromatic carbocycles. The van der Waals surface area contributed by atoms with Crippen molar-refractivity contribution in [3.63, 3.8) is 0 Å². The average molecular weight is 310 g/mol. The molecule has 0 saturated carbocycles. The van der Waals surface area contributed by atoms with Crippen molar-refractivity contribution in [1.29, 1.82) is 0 Å². The maximum atomic E-state index is 6.25. The van der Waals surface area contributed by atoms with E-state index in [9.17, 15) is 0 Å². The van der Waals surface area contributed by atoms with Gasteiger partial charge in [-0.2, -0.15) is 0 Å². The summed E-state index contributed by atoms with van der Waals surface area (Å²) in [6, 6.07) is 9.74. The molecule has 0 bridgehead atoms. The zero-order chi connectivity index (χ0) is 14.7. The summed E-state index contributed by atoms with van der Waals surface area (Å²) in [4.78, 5) is 6.45. The summed E-state index contributed by atoms with van der Waals surface area (Å²) in [5.74, 6) is 0.717. The maximum absolute atomic E-state index is 6.25. The summed E-state index contributed by atoms with van der Waals surface area (Å²) in [5.41, 5.74) is 7.82. The van der Waals surface area contributed by atoms with Gasteiger partial charge in [0.1, 0.15) is 5.82 Å². The largest absolute Gasteiger partial charge is 0.398 e. The minimum atomic E-state index is 0.237. The molecule has 0 aliphatic rings. The molecule has 20 heavy (non-hydrogen) atoms. The van der Waals surface area contributed by atoms with Crippen molar-refractivity contribution in [2.75, 3.05) is 10.6 Å². The van der Waals surface area contributed by atoms with Crippen molar-refractivity contribution in [3.8, 4) is 0 Å². The van der Waals surface area contributed by atoms with E-state index in [0.29, 0.717) is 22.4 Å². The molecule has 106 valence electrons. The zero-order valence-corrected chi connectivity index (χ0v) is 13.0. The smallest absolute Gasteiger partial charge is 0.147 e. The van der Waals surface area contributed by atoms with Gasteiger partial charge in [-0.15, -0.1) is 0 Å². The van der Waals surface area contributed by atoms with Gasteiger partial charge >= 0.3 is 0 Å². The highest BCUT2D eigenvalue weighted by Gasteiger charge is 2.17. The number of rotatable bonds is 4. The van der Waals surface area contributed by atoms with Crippen LogP contribution in [-0.2, 0) is 6.54 Å². The summed E-state index contributed by atoms with van der Waals surface area (Å²) in [5, 5.41) is 1.07. The van der Waals surface area contributed by atoms with Gasteiger partial charge in [0.05, 0.1) is 10.0 Å². The number of pyridine rings is 1. The summed E-state index contributed by atoms with van der Waals surface area (Å²) < 4.78 is 0. The van der Waals surface area contributed by atoms with E-state index in [1.54, 1.807) is 12.3 Å². The fourth-order valence-electron chi connectivity index (χ4n) is 1.98. The minimum absolute atomic E-state index is 0.237. The number of hydrogen-bond acceptors (Lipinski definition) is 3. The van der Waals surface area contributed by atoms with Gasteiger partial charge in [-0.1, -0.05) is 41.4 Å². The Morgan fingerprint density at radius 2 is 1.95 bits per heavy atom. The number of aromatic nitrogens is 1. The molecule has 0 unspecified atom stereocenters. The molecule has 0 amide bonds. The first-order chi connectivity index (χ1) is 9.49. The summed E-state index contributed by atoms with van der Waals surface area (Å²) in [7, 11) is 0. The Balaban J connectivity index is 2.35. The third-order valence-corrected chi connectivity index (χ3v) is 3.56. The third-order valence-electron chi connectivity index (χ3n) is 3.08. The van der Waals surface area contributed by atoms with E-state index in [-0.39, 0.29) is 6.04 Å². The molecule has 0 saturated heterocycles. The summed E-state index contributed by atoms with van der Waals surface area (Å²) in [6.07, 6.45) is 1.60. The lowest BCUT2D eigenvalue weighted by molar-refractivity contribution is 0.673. The number of nitrogen functional groups attached to an aromatic ring is 1. The van der Waals surface area contributed by atoms with Crippen molar-refractivity contribution in [2.45, 2.75) is 26.4 Å². The quantitative estimate of drug-likeness (QED) is 0.852. The molecule has 0 radical (unpaired) electrons. The van der Waals surface area contributed by atoms with Crippen molar-refractivity contribution in [1.82, 2.24) is 4.98 Å². The highest BCUT2D eigenvalue weighted by atomic mass is 35.5. The van der Waals surface area contributed by atoms with Crippen LogP contribution in [0.25, 0.3) is 0 Å². The van der Waals surface area contributed by atoms with Crippen LogP contribution in [0.15, 0.2) is 36.5 Å². The average Bonchev–Trinajstić information content (AvgIpc) is 2.38. The molecule has 1 heterocycles. The number of anilines is 2. The van der Waals surface area contributed by atoms with Gasteiger partial charge in [0.2, 0.25) is 0 Å². The van der Waals surface area contributed by atoms with Crippen LogP contribution in [0.3, 0.4) is 0 Å². The Bertz CT molecular complexity index is 599. The number of nitrogens with two attached hydrogens (primary N) is 1. The third kappa shape index (κ3) is 3.35. The lowest BCUT2D eigenvalue weighted by Gasteiger charge is -2.29. The van der Waals surface area contributed by atoms with E-state index in [2.05, 4.69) is 23.7 Å². The Labute approximate surface area is 129 Å². The SMILES string of the molecule is CC(C)N(Cc1ccccc1N)c1ncc(Cl)cc1Cl. The molecular weight excluding hydrogens is 293 g/mol. The van der Waals surface area contributed by atoms with Gasteiger partial charge in [0, 0.05) is 24.5 Å². The first kappa shape index (κ1) is 14.9. The predicted octanol–water partition coefficient (Wildman–Crippen LogP) is 4.39. The number of para-hydroxylation sites is 1. The second kappa shape index (κ2) is 6.33. The van der Waals surface area contributed by atoms with E-state index < -0.39 is 0 Å². The van der Waals surface area contributed by atoms with Crippen molar-refractivity contribution >= 4 is 34.7 Å². The molecular formula is C15H17Cl2N3. The van der Waals surface area contributed by atoms with Gasteiger partial charge in [-0.25, -0.2) is 4.98 Å². The molecule has 1 aromatic heterocycles. The van der Waals surface area contributed by atoms with Crippen LogP contribution in [-0.4, -0.2) is 11.0 Å². The molecule has 3 nitrogen and oxygen atoms in total. The normalized spacial score (nSPS) is 10.8. The van der Waals surface area contributed by atoms with E-state index in [1.807, 2.05) is 24.3 Å². The van der Waals surface area contributed by atoms with Crippen LogP contribution in [0.4, 0.5) is 11.5 Å². The van der Waals surface area contributed by atoms with Crippen molar-refractivity contribution < 1.29 is 0 Å². The van der Waals surface area contributed by atoms with Crippen LogP contribution in [0.5, 0.6) is 0 Å². The fraction of sp³-hybridized carbons (Fsp3) is 0.267. The fourth-order valence-corrected chi connectivity index (χ4v) is 2.47. The lowest BCUT2D eigenvalue weighted by Crippen LogP contribution is -2.31. The van der Waals surface area contributed by atoms with Gasteiger partial charge in [-0.05, 0) is 31.5 Å². The second-order valence-electron chi connectivity index (χ2n) is 4.88. The molecule has 2 N–H and O–H groups in total. The van der Waals surface area contributed by atoms with Gasteiger partial charge in [0.15, 0.2) is 0 Å². The summed E-state index contributed by atoms with van der Waals surface area (Å²) in [6.45, 7) is 4.83. The zero-order valence-electron chi connectivity index (χ0n) is 11.5. The number of benzene rings is 1. The standard InChI is InChI=1S/C15H17Cl2N3/c1-10(2)20(9-11-5-3-4-6-14(11)18)15-13(17)7-12(16)8-19-15/h3-8,10H,9,18H2,1-2H3. The van der Waals surface area contributed by atoms with Crippen LogP contribution in [0.2, 0.25) is 10.0 Å². The van der Waals surface area contributed by atoms with E-state index in [0.717, 1.165) is 11.3 Å². The number of halogens is 2. The van der Waals surface area contributed by atoms with Gasteiger partial charge in [-0.3, -0.25) is 0 Å². The maximum Gasteiger partial charge on any atom is 0.147 e. The van der Waals surface area contributed by atoms with Gasteiger partial charge < -0.3 is 10.6 Å². The molecule has 0 fully saturated rings. The molecule has 0 aliphatic heterocycles. The second-order valence-corrected chi connectivity index (χ2v) is 5.72. The van der Waals surface area contributed by atoms with Crippen molar-refractivity contribution in [2.24, 2.45) is 0 Å². The molecule has 2 aromatic rings. The molecule has 0 spiro atoms. The first-order valence-corrected chi connectivity index (χ1v) is 7.15. The Morgan fingerprint density at radius 3 is 2.55 bits per heavy atom. The predicted molar refractivity (Wildman–Crippen MR) is 86.4 cm³/mol. The van der Waals surface area contributed by atoms with Crippen molar-refractivity contribution in [3.05, 3.63) is 52.1 Å². The van der Waals surface area contributed by atoms with Crippen LogP contribution >= 0.6 is 23.2 Å². The van der Waals surface area contributed by atoms with E-state index in [4.69, 9.17) is 28.9 Å². The molecule has 5 heteroatoms.